The Bertz CT molecular complexity index is 461. The van der Waals surface area contributed by atoms with Crippen LogP contribution in [0.15, 0.2) is 18.3 Å². The standard InChI is InChI=1S/C10H13ClN2O2S/c11-10-7-9(1-2-12-10)8-13-3-5-16(14,15)6-4-13/h1-2,7H,3-6,8H2. The van der Waals surface area contributed by atoms with E-state index in [0.717, 1.165) is 12.1 Å². The SMILES string of the molecule is O=S1(=O)CCN(Cc2ccnc(Cl)c2)CC1. The zero-order valence-corrected chi connectivity index (χ0v) is 10.3. The van der Waals surface area contributed by atoms with E-state index >= 15 is 0 Å². The van der Waals surface area contributed by atoms with Gasteiger partial charge in [0.15, 0.2) is 9.84 Å². The van der Waals surface area contributed by atoms with Gasteiger partial charge >= 0.3 is 0 Å². The van der Waals surface area contributed by atoms with Gasteiger partial charge < -0.3 is 0 Å². The van der Waals surface area contributed by atoms with Crippen LogP contribution in [0.2, 0.25) is 5.15 Å². The van der Waals surface area contributed by atoms with Gasteiger partial charge in [-0.25, -0.2) is 13.4 Å². The molecule has 1 aromatic heterocycles. The summed E-state index contributed by atoms with van der Waals surface area (Å²) in [6, 6.07) is 3.71. The van der Waals surface area contributed by atoms with Crippen molar-refractivity contribution < 1.29 is 8.42 Å². The summed E-state index contributed by atoms with van der Waals surface area (Å²) in [7, 11) is -2.80. The number of hydrogen-bond acceptors (Lipinski definition) is 4. The van der Waals surface area contributed by atoms with Crippen LogP contribution in [0.3, 0.4) is 0 Å². The molecule has 0 amide bonds. The third-order valence-electron chi connectivity index (χ3n) is 2.63. The Labute approximate surface area is 100 Å². The highest BCUT2D eigenvalue weighted by Gasteiger charge is 2.21. The largest absolute Gasteiger partial charge is 0.297 e. The number of halogens is 1. The van der Waals surface area contributed by atoms with Crippen molar-refractivity contribution in [3.05, 3.63) is 29.0 Å². The molecule has 0 radical (unpaired) electrons. The van der Waals surface area contributed by atoms with E-state index in [1.807, 2.05) is 12.1 Å². The minimum atomic E-state index is -2.80. The zero-order chi connectivity index (χ0) is 11.6. The van der Waals surface area contributed by atoms with Crippen molar-refractivity contribution in [2.24, 2.45) is 0 Å². The van der Waals surface area contributed by atoms with Gasteiger partial charge in [0.05, 0.1) is 11.5 Å². The number of sulfone groups is 1. The van der Waals surface area contributed by atoms with Crippen molar-refractivity contribution in [1.29, 1.82) is 0 Å². The Hall–Kier alpha value is -0.650. The molecular weight excluding hydrogens is 248 g/mol. The van der Waals surface area contributed by atoms with E-state index in [-0.39, 0.29) is 11.5 Å². The van der Waals surface area contributed by atoms with Crippen LogP contribution in [0, 0.1) is 0 Å². The number of rotatable bonds is 2. The summed E-state index contributed by atoms with van der Waals surface area (Å²) < 4.78 is 22.5. The predicted octanol–water partition coefficient (Wildman–Crippen LogP) is 0.965. The molecule has 0 aliphatic carbocycles. The highest BCUT2D eigenvalue weighted by Crippen LogP contribution is 2.12. The molecule has 2 rings (SSSR count). The maximum atomic E-state index is 11.2. The van der Waals surface area contributed by atoms with Crippen molar-refractivity contribution in [2.45, 2.75) is 6.54 Å². The van der Waals surface area contributed by atoms with Gasteiger partial charge in [-0.3, -0.25) is 4.90 Å². The van der Waals surface area contributed by atoms with E-state index in [1.54, 1.807) is 6.20 Å². The molecule has 4 nitrogen and oxygen atoms in total. The molecule has 1 aromatic rings. The zero-order valence-electron chi connectivity index (χ0n) is 8.76. The molecular formula is C10H13ClN2O2S. The second kappa shape index (κ2) is 4.69. The van der Waals surface area contributed by atoms with Gasteiger partial charge in [-0.2, -0.15) is 0 Å². The summed E-state index contributed by atoms with van der Waals surface area (Å²) in [6.07, 6.45) is 1.67. The number of hydrogen-bond donors (Lipinski definition) is 0. The van der Waals surface area contributed by atoms with E-state index in [9.17, 15) is 8.42 Å². The monoisotopic (exact) mass is 260 g/mol. The van der Waals surface area contributed by atoms with Gasteiger partial charge in [0.2, 0.25) is 0 Å². The smallest absolute Gasteiger partial charge is 0.152 e. The van der Waals surface area contributed by atoms with Crippen molar-refractivity contribution in [3.63, 3.8) is 0 Å². The lowest BCUT2D eigenvalue weighted by atomic mass is 10.2. The minimum Gasteiger partial charge on any atom is -0.297 e. The average molecular weight is 261 g/mol. The Kier molecular flexibility index (Phi) is 3.47. The van der Waals surface area contributed by atoms with Crippen molar-refractivity contribution >= 4 is 21.4 Å². The second-order valence-electron chi connectivity index (χ2n) is 3.91. The van der Waals surface area contributed by atoms with Crippen molar-refractivity contribution in [3.8, 4) is 0 Å². The van der Waals surface area contributed by atoms with Gasteiger partial charge in [0, 0.05) is 25.8 Å². The summed E-state index contributed by atoms with van der Waals surface area (Å²) in [5.41, 5.74) is 1.07. The van der Waals surface area contributed by atoms with Crippen LogP contribution in [0.4, 0.5) is 0 Å². The molecule has 2 heterocycles. The fourth-order valence-electron chi connectivity index (χ4n) is 1.71. The molecule has 1 saturated heterocycles. The number of pyridine rings is 1. The Morgan fingerprint density at radius 1 is 1.38 bits per heavy atom. The van der Waals surface area contributed by atoms with Crippen LogP contribution in [-0.2, 0) is 16.4 Å². The molecule has 1 fully saturated rings. The van der Waals surface area contributed by atoms with Gasteiger partial charge in [0.25, 0.3) is 0 Å². The average Bonchev–Trinajstić information content (AvgIpc) is 2.21. The van der Waals surface area contributed by atoms with Crippen LogP contribution >= 0.6 is 11.6 Å². The summed E-state index contributed by atoms with van der Waals surface area (Å²) in [5, 5.41) is 0.474. The summed E-state index contributed by atoms with van der Waals surface area (Å²) in [6.45, 7) is 1.93. The molecule has 1 aliphatic heterocycles. The molecule has 0 unspecified atom stereocenters. The molecule has 88 valence electrons. The lowest BCUT2D eigenvalue weighted by Crippen LogP contribution is -2.39. The molecule has 0 atom stereocenters. The van der Waals surface area contributed by atoms with Crippen LogP contribution in [0.1, 0.15) is 5.56 Å². The topological polar surface area (TPSA) is 50.3 Å². The maximum Gasteiger partial charge on any atom is 0.152 e. The van der Waals surface area contributed by atoms with Gasteiger partial charge in [0.1, 0.15) is 5.15 Å². The molecule has 16 heavy (non-hydrogen) atoms. The van der Waals surface area contributed by atoms with Crippen LogP contribution in [0.5, 0.6) is 0 Å². The summed E-state index contributed by atoms with van der Waals surface area (Å²) in [4.78, 5) is 6.02. The van der Waals surface area contributed by atoms with E-state index in [1.165, 1.54) is 0 Å². The Morgan fingerprint density at radius 3 is 2.69 bits per heavy atom. The van der Waals surface area contributed by atoms with Crippen LogP contribution in [0.25, 0.3) is 0 Å². The highest BCUT2D eigenvalue weighted by molar-refractivity contribution is 7.91. The molecule has 0 bridgehead atoms. The first-order valence-electron chi connectivity index (χ1n) is 5.08. The van der Waals surface area contributed by atoms with Gasteiger partial charge in [-0.1, -0.05) is 11.6 Å². The first-order chi connectivity index (χ1) is 7.55. The third-order valence-corrected chi connectivity index (χ3v) is 4.45. The maximum absolute atomic E-state index is 11.2. The van der Waals surface area contributed by atoms with Crippen molar-refractivity contribution in [2.75, 3.05) is 24.6 Å². The van der Waals surface area contributed by atoms with Crippen LogP contribution in [-0.4, -0.2) is 42.9 Å². The van der Waals surface area contributed by atoms with Crippen LogP contribution < -0.4 is 0 Å². The van der Waals surface area contributed by atoms with Crippen molar-refractivity contribution in [1.82, 2.24) is 9.88 Å². The first kappa shape index (κ1) is 11.8. The van der Waals surface area contributed by atoms with E-state index in [2.05, 4.69) is 9.88 Å². The molecule has 0 aromatic carbocycles. The fraction of sp³-hybridized carbons (Fsp3) is 0.500. The predicted molar refractivity (Wildman–Crippen MR) is 63.2 cm³/mol. The molecule has 6 heteroatoms. The molecule has 0 saturated carbocycles. The summed E-state index contributed by atoms with van der Waals surface area (Å²) >= 11 is 5.78. The Morgan fingerprint density at radius 2 is 2.06 bits per heavy atom. The van der Waals surface area contributed by atoms with Gasteiger partial charge in [-0.05, 0) is 17.7 Å². The lowest BCUT2D eigenvalue weighted by Gasteiger charge is -2.26. The van der Waals surface area contributed by atoms with E-state index in [0.29, 0.717) is 18.2 Å². The highest BCUT2D eigenvalue weighted by atomic mass is 35.5. The Balaban J connectivity index is 1.97. The molecule has 1 aliphatic rings. The third kappa shape index (κ3) is 3.17. The normalized spacial score (nSPS) is 20.8. The molecule has 0 spiro atoms. The number of nitrogens with zero attached hydrogens (tertiary/aromatic N) is 2. The quantitative estimate of drug-likeness (QED) is 0.744. The molecule has 0 N–H and O–H groups in total. The summed E-state index contributed by atoms with van der Waals surface area (Å²) in [5.74, 6) is 0.512. The first-order valence-corrected chi connectivity index (χ1v) is 7.28. The van der Waals surface area contributed by atoms with E-state index < -0.39 is 9.84 Å². The number of aromatic nitrogens is 1. The minimum absolute atomic E-state index is 0.256. The van der Waals surface area contributed by atoms with E-state index in [4.69, 9.17) is 11.6 Å². The van der Waals surface area contributed by atoms with Gasteiger partial charge in [-0.15, -0.1) is 0 Å². The fourth-order valence-corrected chi connectivity index (χ4v) is 3.18. The second-order valence-corrected chi connectivity index (χ2v) is 6.61. The lowest BCUT2D eigenvalue weighted by molar-refractivity contribution is 0.287.